The Kier molecular flexibility index (Phi) is 7.51. The molecular formula is C24H25F2N3O4. The highest BCUT2D eigenvalue weighted by atomic mass is 19.3. The van der Waals surface area contributed by atoms with Crippen LogP contribution in [0.5, 0.6) is 17.2 Å². The van der Waals surface area contributed by atoms with Crippen LogP contribution in [0, 0.1) is 0 Å². The van der Waals surface area contributed by atoms with E-state index in [9.17, 15) is 13.6 Å². The van der Waals surface area contributed by atoms with Gasteiger partial charge in [0, 0.05) is 24.5 Å². The fourth-order valence-electron chi connectivity index (χ4n) is 3.59. The first-order valence-corrected chi connectivity index (χ1v) is 10.8. The van der Waals surface area contributed by atoms with Crippen LogP contribution < -0.4 is 19.8 Å². The molecule has 0 atom stereocenters. The number of benzene rings is 1. The first kappa shape index (κ1) is 22.7. The molecule has 3 aromatic rings. The Bertz CT molecular complexity index is 1080. The lowest BCUT2D eigenvalue weighted by molar-refractivity contribution is -0.0501. The molecule has 0 N–H and O–H groups in total. The van der Waals surface area contributed by atoms with Crippen molar-refractivity contribution in [3.8, 4) is 22.9 Å². The van der Waals surface area contributed by atoms with Gasteiger partial charge in [-0.15, -0.1) is 0 Å². The van der Waals surface area contributed by atoms with Crippen LogP contribution in [-0.4, -0.2) is 47.3 Å². The molecule has 1 aliphatic heterocycles. The summed E-state index contributed by atoms with van der Waals surface area (Å²) in [6.07, 6.45) is 5.35. The van der Waals surface area contributed by atoms with Crippen molar-refractivity contribution in [1.82, 2.24) is 14.5 Å². The maximum atomic E-state index is 12.5. The summed E-state index contributed by atoms with van der Waals surface area (Å²) in [6, 6.07) is 13.3. The lowest BCUT2D eigenvalue weighted by Crippen LogP contribution is -2.25. The van der Waals surface area contributed by atoms with Gasteiger partial charge in [0.2, 0.25) is 0 Å². The second kappa shape index (κ2) is 10.9. The number of nitrogens with zero attached hydrogens (tertiary/aromatic N) is 3. The zero-order chi connectivity index (χ0) is 23.0. The van der Waals surface area contributed by atoms with Gasteiger partial charge in [-0.1, -0.05) is 0 Å². The number of pyridine rings is 2. The predicted molar refractivity (Wildman–Crippen MR) is 118 cm³/mol. The summed E-state index contributed by atoms with van der Waals surface area (Å²) < 4.78 is 41.6. The van der Waals surface area contributed by atoms with Gasteiger partial charge in [-0.05, 0) is 68.4 Å². The summed E-state index contributed by atoms with van der Waals surface area (Å²) >= 11 is 0. The normalized spacial score (nSPS) is 13.9. The largest absolute Gasteiger partial charge is 0.492 e. The maximum absolute atomic E-state index is 12.5. The van der Waals surface area contributed by atoms with E-state index in [-0.39, 0.29) is 17.9 Å². The minimum atomic E-state index is -2.90. The van der Waals surface area contributed by atoms with Gasteiger partial charge in [-0.3, -0.25) is 19.2 Å². The molecule has 2 aromatic heterocycles. The monoisotopic (exact) mass is 457 g/mol. The quantitative estimate of drug-likeness (QED) is 0.460. The number of aromatic nitrogens is 2. The minimum Gasteiger partial charge on any atom is -0.492 e. The second-order valence-electron chi connectivity index (χ2n) is 7.61. The van der Waals surface area contributed by atoms with E-state index in [1.165, 1.54) is 41.8 Å². The molecule has 1 aromatic carbocycles. The van der Waals surface area contributed by atoms with E-state index in [2.05, 4.69) is 14.6 Å². The summed E-state index contributed by atoms with van der Waals surface area (Å²) in [6.45, 7) is 1.04. The zero-order valence-corrected chi connectivity index (χ0v) is 18.0. The van der Waals surface area contributed by atoms with Crippen molar-refractivity contribution >= 4 is 0 Å². The maximum Gasteiger partial charge on any atom is 0.387 e. The minimum absolute atomic E-state index is 0.0284. The summed E-state index contributed by atoms with van der Waals surface area (Å²) in [5.74, 6) is 1.12. The first-order chi connectivity index (χ1) is 16.1. The van der Waals surface area contributed by atoms with Crippen LogP contribution in [0.3, 0.4) is 0 Å². The number of rotatable bonds is 10. The third kappa shape index (κ3) is 6.52. The van der Waals surface area contributed by atoms with E-state index in [0.717, 1.165) is 31.1 Å². The summed E-state index contributed by atoms with van der Waals surface area (Å²) in [5.41, 5.74) is 0.986. The molecule has 0 bridgehead atoms. The number of ether oxygens (including phenoxy) is 3. The lowest BCUT2D eigenvalue weighted by atomic mass is 10.3. The molecule has 0 saturated carbocycles. The fourth-order valence-corrected chi connectivity index (χ4v) is 3.59. The Morgan fingerprint density at radius 1 is 0.939 bits per heavy atom. The van der Waals surface area contributed by atoms with Crippen molar-refractivity contribution in [2.45, 2.75) is 26.1 Å². The number of alkyl halides is 2. The fraction of sp³-hybridized carbons (Fsp3) is 0.333. The first-order valence-electron chi connectivity index (χ1n) is 10.8. The van der Waals surface area contributed by atoms with Crippen molar-refractivity contribution in [2.75, 3.05) is 26.2 Å². The van der Waals surface area contributed by atoms with Gasteiger partial charge in [0.05, 0.1) is 11.9 Å². The molecule has 0 radical (unpaired) electrons. The number of hydrogen-bond acceptors (Lipinski definition) is 6. The van der Waals surface area contributed by atoms with E-state index >= 15 is 0 Å². The molecule has 174 valence electrons. The summed E-state index contributed by atoms with van der Waals surface area (Å²) in [7, 11) is 0. The summed E-state index contributed by atoms with van der Waals surface area (Å²) in [5, 5.41) is 0. The standard InChI is InChI=1S/C24H25F2N3O4/c25-24(26)33-22-6-3-18(27-16-22)17-32-21-9-12-29(23(30)15-21)19-4-7-20(8-5-19)31-14-13-28-10-1-2-11-28/h3-9,12,15-16,24H,1-2,10-11,13-14,17H2. The van der Waals surface area contributed by atoms with Gasteiger partial charge in [-0.25, -0.2) is 0 Å². The average molecular weight is 457 g/mol. The van der Waals surface area contributed by atoms with Crippen LogP contribution in [0.25, 0.3) is 5.69 Å². The van der Waals surface area contributed by atoms with E-state index < -0.39 is 6.61 Å². The van der Waals surface area contributed by atoms with Gasteiger partial charge in [0.25, 0.3) is 5.56 Å². The van der Waals surface area contributed by atoms with E-state index in [1.807, 2.05) is 24.3 Å². The van der Waals surface area contributed by atoms with Gasteiger partial charge >= 0.3 is 6.61 Å². The Morgan fingerprint density at radius 3 is 2.36 bits per heavy atom. The number of hydrogen-bond donors (Lipinski definition) is 0. The lowest BCUT2D eigenvalue weighted by Gasteiger charge is -2.15. The van der Waals surface area contributed by atoms with Crippen LogP contribution in [0.4, 0.5) is 8.78 Å². The third-order valence-electron chi connectivity index (χ3n) is 5.29. The zero-order valence-electron chi connectivity index (χ0n) is 18.0. The highest BCUT2D eigenvalue weighted by molar-refractivity contribution is 5.38. The molecule has 0 amide bonds. The topological polar surface area (TPSA) is 65.8 Å². The van der Waals surface area contributed by atoms with Gasteiger partial charge in [0.1, 0.15) is 30.5 Å². The molecule has 1 aliphatic rings. The van der Waals surface area contributed by atoms with E-state index in [0.29, 0.717) is 18.1 Å². The van der Waals surface area contributed by atoms with Crippen molar-refractivity contribution in [2.24, 2.45) is 0 Å². The number of likely N-dealkylation sites (tertiary alicyclic amines) is 1. The molecule has 0 spiro atoms. The van der Waals surface area contributed by atoms with Crippen LogP contribution >= 0.6 is 0 Å². The highest BCUT2D eigenvalue weighted by Gasteiger charge is 2.11. The second-order valence-corrected chi connectivity index (χ2v) is 7.61. The Morgan fingerprint density at radius 2 is 1.70 bits per heavy atom. The Labute approximate surface area is 190 Å². The highest BCUT2D eigenvalue weighted by Crippen LogP contribution is 2.17. The van der Waals surface area contributed by atoms with Crippen molar-refractivity contribution < 1.29 is 23.0 Å². The van der Waals surface area contributed by atoms with Gasteiger partial charge in [0.15, 0.2) is 0 Å². The smallest absolute Gasteiger partial charge is 0.387 e. The molecule has 1 fully saturated rings. The Balaban J connectivity index is 1.30. The van der Waals surface area contributed by atoms with Gasteiger partial charge < -0.3 is 14.2 Å². The van der Waals surface area contributed by atoms with Crippen molar-refractivity contribution in [3.05, 3.63) is 77.0 Å². The molecular weight excluding hydrogens is 432 g/mol. The predicted octanol–water partition coefficient (Wildman–Crippen LogP) is 3.89. The Hall–Kier alpha value is -3.46. The molecule has 3 heterocycles. The molecule has 7 nitrogen and oxygen atoms in total. The summed E-state index contributed by atoms with van der Waals surface area (Å²) in [4.78, 5) is 18.9. The molecule has 9 heteroatoms. The van der Waals surface area contributed by atoms with Crippen molar-refractivity contribution in [1.29, 1.82) is 0 Å². The molecule has 0 aliphatic carbocycles. The van der Waals surface area contributed by atoms with E-state index in [4.69, 9.17) is 9.47 Å². The van der Waals surface area contributed by atoms with Crippen LogP contribution in [0.15, 0.2) is 65.7 Å². The van der Waals surface area contributed by atoms with Crippen LogP contribution in [-0.2, 0) is 6.61 Å². The van der Waals surface area contributed by atoms with Crippen LogP contribution in [0.2, 0.25) is 0 Å². The molecule has 4 rings (SSSR count). The SMILES string of the molecule is O=c1cc(OCc2ccc(OC(F)F)cn2)ccn1-c1ccc(OCCN2CCCC2)cc1. The molecule has 1 saturated heterocycles. The van der Waals surface area contributed by atoms with Crippen molar-refractivity contribution in [3.63, 3.8) is 0 Å². The third-order valence-corrected chi connectivity index (χ3v) is 5.29. The van der Waals surface area contributed by atoms with Gasteiger partial charge in [-0.2, -0.15) is 8.78 Å². The van der Waals surface area contributed by atoms with Crippen LogP contribution in [0.1, 0.15) is 18.5 Å². The molecule has 33 heavy (non-hydrogen) atoms. The molecule has 0 unspecified atom stereocenters. The average Bonchev–Trinajstić information content (AvgIpc) is 3.33. The number of halogens is 2. The van der Waals surface area contributed by atoms with E-state index in [1.54, 1.807) is 12.3 Å².